The lowest BCUT2D eigenvalue weighted by Gasteiger charge is -2.17. The molecule has 3 N–H and O–H groups in total. The summed E-state index contributed by atoms with van der Waals surface area (Å²) in [7, 11) is 0. The van der Waals surface area contributed by atoms with Gasteiger partial charge >= 0.3 is 0 Å². The summed E-state index contributed by atoms with van der Waals surface area (Å²) in [6, 6.07) is 0. The Hall–Kier alpha value is -0.680. The van der Waals surface area contributed by atoms with Crippen molar-refractivity contribution in [1.29, 1.82) is 0 Å². The molecule has 2 saturated heterocycles. The number of fused-ring (bicyclic) bond motifs is 2. The van der Waals surface area contributed by atoms with E-state index in [0.29, 0.717) is 17.6 Å². The number of nitrogens with two attached hydrogens (primary N) is 1. The topological polar surface area (TPSA) is 64.3 Å². The van der Waals surface area contributed by atoms with Gasteiger partial charge in [0, 0.05) is 0 Å². The van der Waals surface area contributed by atoms with Gasteiger partial charge in [-0.1, -0.05) is 12.2 Å². The number of rotatable bonds is 3. The molecule has 3 atom stereocenters. The Bertz CT molecular complexity index is 270. The van der Waals surface area contributed by atoms with Gasteiger partial charge in [-0.2, -0.15) is 0 Å². The zero-order valence-corrected chi connectivity index (χ0v) is 8.68. The molecule has 2 heterocycles. The Labute approximate surface area is 88.2 Å². The Morgan fingerprint density at radius 3 is 2.86 bits per heavy atom. The smallest absolute Gasteiger partial charge is 0.226 e. The Kier molecular flexibility index (Phi) is 2.69. The van der Waals surface area contributed by atoms with Crippen molar-refractivity contribution in [2.75, 3.05) is 6.54 Å². The minimum absolute atomic E-state index is 0.0168. The first kappa shape index (κ1) is 9.86. The summed E-state index contributed by atoms with van der Waals surface area (Å²) < 4.78 is 5.59. The van der Waals surface area contributed by atoms with Crippen molar-refractivity contribution in [2.45, 2.75) is 31.5 Å². The number of nitrogens with one attached hydrogen (secondary N) is 1. The van der Waals surface area contributed by atoms with E-state index in [-0.39, 0.29) is 17.9 Å². The molecular weight excluding hydrogens is 200 g/mol. The van der Waals surface area contributed by atoms with Gasteiger partial charge in [0.2, 0.25) is 5.91 Å². The number of carbonyl (C=O) groups excluding carboxylic acids is 1. The van der Waals surface area contributed by atoms with Crippen molar-refractivity contribution in [2.24, 2.45) is 11.7 Å². The lowest BCUT2D eigenvalue weighted by atomic mass is 9.88. The van der Waals surface area contributed by atoms with Crippen molar-refractivity contribution in [3.05, 3.63) is 0 Å². The lowest BCUT2D eigenvalue weighted by Crippen LogP contribution is -2.39. The number of amides is 1. The van der Waals surface area contributed by atoms with Gasteiger partial charge in [0.05, 0.1) is 29.7 Å². The van der Waals surface area contributed by atoms with Gasteiger partial charge in [0.25, 0.3) is 0 Å². The summed E-state index contributed by atoms with van der Waals surface area (Å²) in [5, 5.41) is 2.72. The number of hydrogen-bond donors (Lipinski definition) is 2. The molecule has 0 spiro atoms. The van der Waals surface area contributed by atoms with Crippen LogP contribution in [0, 0.1) is 5.92 Å². The molecule has 0 aromatic heterocycles. The SMILES string of the molecule is NC(=S)CNC(=O)C1CC2CCC1O2. The van der Waals surface area contributed by atoms with E-state index in [1.807, 2.05) is 0 Å². The van der Waals surface area contributed by atoms with Gasteiger partial charge in [0.1, 0.15) is 0 Å². The molecule has 78 valence electrons. The second-order valence-corrected chi connectivity index (χ2v) is 4.42. The third kappa shape index (κ3) is 1.88. The van der Waals surface area contributed by atoms with Crippen molar-refractivity contribution in [3.63, 3.8) is 0 Å². The van der Waals surface area contributed by atoms with Gasteiger partial charge < -0.3 is 15.8 Å². The maximum absolute atomic E-state index is 11.6. The first-order valence-corrected chi connectivity index (χ1v) is 5.29. The molecule has 1 amide bonds. The molecule has 3 unspecified atom stereocenters. The van der Waals surface area contributed by atoms with E-state index in [1.165, 1.54) is 0 Å². The Balaban J connectivity index is 1.84. The fraction of sp³-hybridized carbons (Fsp3) is 0.778. The fourth-order valence-electron chi connectivity index (χ4n) is 2.22. The molecule has 2 fully saturated rings. The first-order chi connectivity index (χ1) is 6.66. The number of ether oxygens (including phenoxy) is 1. The minimum atomic E-state index is 0.0168. The van der Waals surface area contributed by atoms with Gasteiger partial charge in [-0.15, -0.1) is 0 Å². The highest BCUT2D eigenvalue weighted by molar-refractivity contribution is 7.80. The molecule has 2 bridgehead atoms. The highest BCUT2D eigenvalue weighted by atomic mass is 32.1. The number of thiocarbonyl (C=S) groups is 1. The molecule has 5 heteroatoms. The minimum Gasteiger partial charge on any atom is -0.392 e. The van der Waals surface area contributed by atoms with Crippen LogP contribution in [0.4, 0.5) is 0 Å². The van der Waals surface area contributed by atoms with Crippen LogP contribution in [0.25, 0.3) is 0 Å². The third-order valence-electron chi connectivity index (χ3n) is 2.88. The average Bonchev–Trinajstić information content (AvgIpc) is 2.74. The van der Waals surface area contributed by atoms with E-state index >= 15 is 0 Å². The molecule has 0 radical (unpaired) electrons. The fourth-order valence-corrected chi connectivity index (χ4v) is 2.29. The van der Waals surface area contributed by atoms with Gasteiger partial charge in [-0.3, -0.25) is 4.79 Å². The van der Waals surface area contributed by atoms with E-state index in [1.54, 1.807) is 0 Å². The van der Waals surface area contributed by atoms with Crippen molar-refractivity contribution in [1.82, 2.24) is 5.32 Å². The molecule has 2 rings (SSSR count). The molecule has 0 aliphatic carbocycles. The second kappa shape index (κ2) is 3.82. The summed E-state index contributed by atoms with van der Waals surface area (Å²) in [6.45, 7) is 0.294. The maximum atomic E-state index is 11.6. The summed E-state index contributed by atoms with van der Waals surface area (Å²) in [6.07, 6.45) is 3.40. The van der Waals surface area contributed by atoms with Crippen LogP contribution < -0.4 is 11.1 Å². The molecular formula is C9H14N2O2S. The van der Waals surface area contributed by atoms with Crippen LogP contribution >= 0.6 is 12.2 Å². The number of carbonyl (C=O) groups is 1. The maximum Gasteiger partial charge on any atom is 0.226 e. The summed E-state index contributed by atoms with van der Waals surface area (Å²) in [4.78, 5) is 12.0. The largest absolute Gasteiger partial charge is 0.392 e. The standard InChI is InChI=1S/C9H14N2O2S/c10-8(14)4-11-9(12)6-3-5-1-2-7(6)13-5/h5-7H,1-4H2,(H2,10,14)(H,11,12). The van der Waals surface area contributed by atoms with Gasteiger partial charge in [-0.05, 0) is 19.3 Å². The Morgan fingerprint density at radius 1 is 1.57 bits per heavy atom. The second-order valence-electron chi connectivity index (χ2n) is 3.90. The van der Waals surface area contributed by atoms with Crippen LogP contribution in [0.5, 0.6) is 0 Å². The summed E-state index contributed by atoms with van der Waals surface area (Å²) in [5.74, 6) is 0.0492. The van der Waals surface area contributed by atoms with E-state index in [4.69, 9.17) is 10.5 Å². The molecule has 4 nitrogen and oxygen atoms in total. The van der Waals surface area contributed by atoms with Crippen LogP contribution in [-0.2, 0) is 9.53 Å². The van der Waals surface area contributed by atoms with Crippen LogP contribution in [0.2, 0.25) is 0 Å². The van der Waals surface area contributed by atoms with Crippen LogP contribution in [0.15, 0.2) is 0 Å². The zero-order chi connectivity index (χ0) is 10.1. The normalized spacial score (nSPS) is 34.4. The van der Waals surface area contributed by atoms with Crippen molar-refractivity contribution in [3.8, 4) is 0 Å². The molecule has 0 aromatic carbocycles. The quantitative estimate of drug-likeness (QED) is 0.647. The highest BCUT2D eigenvalue weighted by Crippen LogP contribution is 2.38. The van der Waals surface area contributed by atoms with Crippen LogP contribution in [0.3, 0.4) is 0 Å². The monoisotopic (exact) mass is 214 g/mol. The summed E-state index contributed by atoms with van der Waals surface area (Å²) >= 11 is 4.69. The highest BCUT2D eigenvalue weighted by Gasteiger charge is 2.44. The van der Waals surface area contributed by atoms with E-state index < -0.39 is 0 Å². The predicted octanol–water partition coefficient (Wildman–Crippen LogP) is -0.0438. The first-order valence-electron chi connectivity index (χ1n) is 4.88. The number of hydrogen-bond acceptors (Lipinski definition) is 3. The van der Waals surface area contributed by atoms with Crippen molar-refractivity contribution >= 4 is 23.1 Å². The van der Waals surface area contributed by atoms with Crippen LogP contribution in [-0.4, -0.2) is 29.6 Å². The van der Waals surface area contributed by atoms with Crippen LogP contribution in [0.1, 0.15) is 19.3 Å². The third-order valence-corrected chi connectivity index (χ3v) is 3.02. The van der Waals surface area contributed by atoms with E-state index in [0.717, 1.165) is 19.3 Å². The van der Waals surface area contributed by atoms with Gasteiger partial charge in [0.15, 0.2) is 0 Å². The van der Waals surface area contributed by atoms with Crippen molar-refractivity contribution < 1.29 is 9.53 Å². The molecule has 0 saturated carbocycles. The molecule has 2 aliphatic heterocycles. The molecule has 0 aromatic rings. The van der Waals surface area contributed by atoms with E-state index in [2.05, 4.69) is 17.5 Å². The van der Waals surface area contributed by atoms with Gasteiger partial charge in [-0.25, -0.2) is 0 Å². The lowest BCUT2D eigenvalue weighted by molar-refractivity contribution is -0.126. The summed E-state index contributed by atoms with van der Waals surface area (Å²) in [5.41, 5.74) is 5.30. The average molecular weight is 214 g/mol. The Morgan fingerprint density at radius 2 is 2.36 bits per heavy atom. The predicted molar refractivity (Wildman–Crippen MR) is 55.8 cm³/mol. The zero-order valence-electron chi connectivity index (χ0n) is 7.86. The molecule has 2 aliphatic rings. The molecule has 14 heavy (non-hydrogen) atoms. The van der Waals surface area contributed by atoms with E-state index in [9.17, 15) is 4.79 Å².